The van der Waals surface area contributed by atoms with E-state index >= 15 is 0 Å². The molecule has 136 valence electrons. The quantitative estimate of drug-likeness (QED) is 0.479. The van der Waals surface area contributed by atoms with Crippen molar-refractivity contribution in [1.82, 2.24) is 14.0 Å². The molecule has 0 fully saturated rings. The zero-order valence-electron chi connectivity index (χ0n) is 14.6. The smallest absolute Gasteiger partial charge is 0.267 e. The number of para-hydroxylation sites is 1. The number of halogens is 1. The zero-order chi connectivity index (χ0) is 19.3. The molecule has 0 spiro atoms. The van der Waals surface area contributed by atoms with Crippen LogP contribution in [0.2, 0.25) is 5.02 Å². The molecule has 5 rings (SSSR count). The van der Waals surface area contributed by atoms with Gasteiger partial charge in [0.05, 0.1) is 16.6 Å². The van der Waals surface area contributed by atoms with Gasteiger partial charge in [0.1, 0.15) is 5.75 Å². The minimum atomic E-state index is -0.136. The lowest BCUT2D eigenvalue weighted by molar-refractivity contribution is 0.475. The molecule has 0 aliphatic heterocycles. The summed E-state index contributed by atoms with van der Waals surface area (Å²) in [6.07, 6.45) is 1.87. The topological polar surface area (TPSA) is 59.5 Å². The number of hydrogen-bond donors (Lipinski definition) is 1. The summed E-state index contributed by atoms with van der Waals surface area (Å²) in [5.74, 6) is 0.674. The first-order chi connectivity index (χ1) is 13.6. The Morgan fingerprint density at radius 3 is 2.36 bits per heavy atom. The second kappa shape index (κ2) is 6.25. The van der Waals surface area contributed by atoms with Crippen molar-refractivity contribution in [3.8, 4) is 22.7 Å². The molecule has 3 aromatic carbocycles. The number of benzene rings is 3. The van der Waals surface area contributed by atoms with Crippen LogP contribution >= 0.6 is 11.6 Å². The highest BCUT2D eigenvalue weighted by Crippen LogP contribution is 2.26. The SMILES string of the molecule is O=c1c2ccccc2nc2n(-c3ccc(O)cc3)cc(-c3ccc(Cl)cc3)n12. The highest BCUT2D eigenvalue weighted by molar-refractivity contribution is 6.30. The lowest BCUT2D eigenvalue weighted by Crippen LogP contribution is -2.16. The first-order valence-corrected chi connectivity index (χ1v) is 9.08. The van der Waals surface area contributed by atoms with Crippen LogP contribution in [-0.2, 0) is 0 Å². The van der Waals surface area contributed by atoms with Crippen molar-refractivity contribution in [2.75, 3.05) is 0 Å². The van der Waals surface area contributed by atoms with E-state index in [1.165, 1.54) is 0 Å². The number of phenolic OH excluding ortho intramolecular Hbond substituents is 1. The molecule has 1 N–H and O–H groups in total. The standard InChI is InChI=1S/C22H14ClN3O2/c23-15-7-5-14(6-8-15)20-13-25(16-9-11-17(27)12-10-16)22-24-19-4-2-1-3-18(19)21(28)26(20)22/h1-13,27H. The molecule has 0 saturated carbocycles. The number of aromatic hydroxyl groups is 1. The number of rotatable bonds is 2. The maximum absolute atomic E-state index is 13.3. The van der Waals surface area contributed by atoms with E-state index in [2.05, 4.69) is 0 Å². The molecule has 0 aliphatic rings. The molecule has 0 saturated heterocycles. The van der Waals surface area contributed by atoms with Crippen LogP contribution in [-0.4, -0.2) is 19.1 Å². The summed E-state index contributed by atoms with van der Waals surface area (Å²) in [6.45, 7) is 0. The molecule has 0 amide bonds. The zero-order valence-corrected chi connectivity index (χ0v) is 15.3. The number of aromatic nitrogens is 3. The van der Waals surface area contributed by atoms with Crippen LogP contribution in [0.5, 0.6) is 5.75 Å². The number of nitrogens with zero attached hydrogens (tertiary/aromatic N) is 3. The Morgan fingerprint density at radius 1 is 0.893 bits per heavy atom. The van der Waals surface area contributed by atoms with Gasteiger partial charge in [0.25, 0.3) is 5.56 Å². The highest BCUT2D eigenvalue weighted by atomic mass is 35.5. The number of imidazole rings is 1. The molecular weight excluding hydrogens is 374 g/mol. The number of phenols is 1. The molecule has 0 aliphatic carbocycles. The highest BCUT2D eigenvalue weighted by Gasteiger charge is 2.16. The average molecular weight is 388 g/mol. The normalized spacial score (nSPS) is 11.3. The monoisotopic (exact) mass is 387 g/mol. The van der Waals surface area contributed by atoms with Crippen LogP contribution in [0, 0.1) is 0 Å². The summed E-state index contributed by atoms with van der Waals surface area (Å²) < 4.78 is 3.45. The summed E-state index contributed by atoms with van der Waals surface area (Å²) >= 11 is 6.03. The van der Waals surface area contributed by atoms with Gasteiger partial charge in [0.15, 0.2) is 0 Å². The van der Waals surface area contributed by atoms with Gasteiger partial charge >= 0.3 is 0 Å². The molecule has 6 heteroatoms. The van der Waals surface area contributed by atoms with Gasteiger partial charge in [-0.05, 0) is 48.5 Å². The van der Waals surface area contributed by atoms with E-state index in [-0.39, 0.29) is 11.3 Å². The molecule has 0 bridgehead atoms. The Hall–Kier alpha value is -3.57. The predicted octanol–water partition coefficient (Wildman–Crippen LogP) is 4.66. The van der Waals surface area contributed by atoms with Gasteiger partial charge in [-0.1, -0.05) is 35.9 Å². The third kappa shape index (κ3) is 2.56. The molecule has 5 aromatic rings. The first kappa shape index (κ1) is 16.6. The van der Waals surface area contributed by atoms with E-state index in [0.29, 0.717) is 27.4 Å². The Kier molecular flexibility index (Phi) is 3.70. The maximum Gasteiger partial charge on any atom is 0.267 e. The van der Waals surface area contributed by atoms with E-state index in [0.717, 1.165) is 11.3 Å². The Balaban J connectivity index is 1.91. The molecule has 0 unspecified atom stereocenters. The van der Waals surface area contributed by atoms with Crippen LogP contribution in [0.3, 0.4) is 0 Å². The number of fused-ring (bicyclic) bond motifs is 2. The third-order valence-corrected chi connectivity index (χ3v) is 4.99. The first-order valence-electron chi connectivity index (χ1n) is 8.70. The van der Waals surface area contributed by atoms with E-state index in [1.807, 2.05) is 41.1 Å². The molecule has 5 nitrogen and oxygen atoms in total. The summed E-state index contributed by atoms with van der Waals surface area (Å²) in [7, 11) is 0. The maximum atomic E-state index is 13.3. The van der Waals surface area contributed by atoms with Crippen molar-refractivity contribution in [3.05, 3.63) is 94.4 Å². The fraction of sp³-hybridized carbons (Fsp3) is 0. The van der Waals surface area contributed by atoms with E-state index in [1.54, 1.807) is 46.9 Å². The average Bonchev–Trinajstić information content (AvgIpc) is 3.09. The van der Waals surface area contributed by atoms with Gasteiger partial charge in [-0.25, -0.2) is 9.38 Å². The fourth-order valence-corrected chi connectivity index (χ4v) is 3.49. The Labute approximate surface area is 164 Å². The van der Waals surface area contributed by atoms with Gasteiger partial charge in [0.2, 0.25) is 5.78 Å². The number of hydrogen-bond acceptors (Lipinski definition) is 3. The Morgan fingerprint density at radius 2 is 1.61 bits per heavy atom. The van der Waals surface area contributed by atoms with Gasteiger partial charge in [-0.2, -0.15) is 0 Å². The van der Waals surface area contributed by atoms with Crippen molar-refractivity contribution in [3.63, 3.8) is 0 Å². The van der Waals surface area contributed by atoms with Gasteiger partial charge < -0.3 is 5.11 Å². The minimum absolute atomic E-state index is 0.136. The summed E-state index contributed by atoms with van der Waals surface area (Å²) in [6, 6.07) is 21.4. The van der Waals surface area contributed by atoms with Crippen LogP contribution < -0.4 is 5.56 Å². The summed E-state index contributed by atoms with van der Waals surface area (Å²) in [5.41, 5.74) is 2.85. The van der Waals surface area contributed by atoms with Crippen molar-refractivity contribution >= 4 is 28.3 Å². The summed E-state index contributed by atoms with van der Waals surface area (Å²) in [4.78, 5) is 18.0. The lowest BCUT2D eigenvalue weighted by atomic mass is 10.1. The molecule has 28 heavy (non-hydrogen) atoms. The second-order valence-corrected chi connectivity index (χ2v) is 6.91. The van der Waals surface area contributed by atoms with Crippen LogP contribution in [0.1, 0.15) is 0 Å². The minimum Gasteiger partial charge on any atom is -0.508 e. The van der Waals surface area contributed by atoms with E-state index in [9.17, 15) is 9.90 Å². The summed E-state index contributed by atoms with van der Waals surface area (Å²) in [5, 5.41) is 10.8. The fourth-order valence-electron chi connectivity index (χ4n) is 3.37. The van der Waals surface area contributed by atoms with Crippen molar-refractivity contribution in [1.29, 1.82) is 0 Å². The largest absolute Gasteiger partial charge is 0.508 e. The Bertz CT molecular complexity index is 1380. The van der Waals surface area contributed by atoms with Gasteiger partial charge in [0, 0.05) is 22.5 Å². The molecule has 0 radical (unpaired) electrons. The molecule has 2 aromatic heterocycles. The second-order valence-electron chi connectivity index (χ2n) is 6.48. The molecular formula is C22H14ClN3O2. The van der Waals surface area contributed by atoms with Crippen molar-refractivity contribution in [2.45, 2.75) is 0 Å². The van der Waals surface area contributed by atoms with Crippen LogP contribution in [0.25, 0.3) is 33.6 Å². The third-order valence-electron chi connectivity index (χ3n) is 4.73. The van der Waals surface area contributed by atoms with E-state index in [4.69, 9.17) is 16.6 Å². The van der Waals surface area contributed by atoms with Crippen LogP contribution in [0.4, 0.5) is 0 Å². The van der Waals surface area contributed by atoms with Gasteiger partial charge in [-0.3, -0.25) is 9.36 Å². The van der Waals surface area contributed by atoms with E-state index < -0.39 is 0 Å². The molecule has 0 atom stereocenters. The predicted molar refractivity (Wildman–Crippen MR) is 110 cm³/mol. The van der Waals surface area contributed by atoms with Crippen LogP contribution in [0.15, 0.2) is 83.8 Å². The lowest BCUT2D eigenvalue weighted by Gasteiger charge is -2.05. The van der Waals surface area contributed by atoms with Crippen molar-refractivity contribution in [2.24, 2.45) is 0 Å². The van der Waals surface area contributed by atoms with Crippen molar-refractivity contribution < 1.29 is 5.11 Å². The van der Waals surface area contributed by atoms with Gasteiger partial charge in [-0.15, -0.1) is 0 Å². The molecule has 2 heterocycles.